The highest BCUT2D eigenvalue weighted by Gasteiger charge is 2.18. The third kappa shape index (κ3) is 2.43. The number of rotatable bonds is 3. The smallest absolute Gasteiger partial charge is 0.0884 e. The number of hydrogen-bond acceptors (Lipinski definition) is 3. The number of nitrogens with zero attached hydrogens (tertiary/aromatic N) is 2. The summed E-state index contributed by atoms with van der Waals surface area (Å²) in [5.74, 6) is 0. The Morgan fingerprint density at radius 2 is 1.80 bits per heavy atom. The van der Waals surface area contributed by atoms with E-state index in [1.54, 1.807) is 23.5 Å². The lowest BCUT2D eigenvalue weighted by atomic mass is 10.1. The van der Waals surface area contributed by atoms with Gasteiger partial charge in [0, 0.05) is 22.9 Å². The van der Waals surface area contributed by atoms with E-state index >= 15 is 0 Å². The van der Waals surface area contributed by atoms with Gasteiger partial charge >= 0.3 is 0 Å². The Morgan fingerprint density at radius 3 is 2.45 bits per heavy atom. The van der Waals surface area contributed by atoms with Crippen molar-refractivity contribution in [1.82, 2.24) is 9.38 Å². The second-order valence-electron chi connectivity index (χ2n) is 4.12. The molecule has 2 aromatic heterocycles. The molecule has 0 amide bonds. The molecule has 2 heterocycles. The van der Waals surface area contributed by atoms with E-state index in [1.165, 1.54) is 26.6 Å². The Morgan fingerprint density at radius 1 is 1.05 bits per heavy atom. The Balaban J connectivity index is 0.00000147. The van der Waals surface area contributed by atoms with E-state index in [1.807, 2.05) is 18.6 Å². The van der Waals surface area contributed by atoms with E-state index in [4.69, 9.17) is 0 Å². The average molecular weight is 323 g/mol. The van der Waals surface area contributed by atoms with Crippen molar-refractivity contribution in [2.45, 2.75) is 9.92 Å². The third-order valence-corrected chi connectivity index (χ3v) is 4.72. The zero-order valence-corrected chi connectivity index (χ0v) is 13.7. The molecular formula is C15H15ClN2S2. The minimum absolute atomic E-state index is 0. The maximum atomic E-state index is 4.26. The van der Waals surface area contributed by atoms with Crippen LogP contribution in [0, 0.1) is 0 Å². The van der Waals surface area contributed by atoms with E-state index in [0.29, 0.717) is 0 Å². The van der Waals surface area contributed by atoms with Gasteiger partial charge in [-0.25, -0.2) is 0 Å². The summed E-state index contributed by atoms with van der Waals surface area (Å²) in [6.07, 6.45) is 10.1. The van der Waals surface area contributed by atoms with Crippen LogP contribution in [0.15, 0.2) is 58.8 Å². The molecule has 0 unspecified atom stereocenters. The lowest BCUT2D eigenvalue weighted by molar-refractivity contribution is 1.03. The second-order valence-corrected chi connectivity index (χ2v) is 5.73. The largest absolute Gasteiger partial charge is 0.307 e. The normalized spacial score (nSPS) is 10.5. The van der Waals surface area contributed by atoms with Gasteiger partial charge in [-0.2, -0.15) is 0 Å². The van der Waals surface area contributed by atoms with Crippen molar-refractivity contribution in [3.8, 4) is 11.1 Å². The Hall–Kier alpha value is -1.10. The van der Waals surface area contributed by atoms with Crippen LogP contribution >= 0.6 is 35.9 Å². The van der Waals surface area contributed by atoms with Gasteiger partial charge in [-0.3, -0.25) is 4.98 Å². The minimum Gasteiger partial charge on any atom is -0.307 e. The first-order chi connectivity index (χ1) is 9.36. The molecule has 1 aromatic carbocycles. The number of hydrogen-bond donors (Lipinski definition) is 0. The molecular weight excluding hydrogens is 308 g/mol. The molecule has 0 saturated heterocycles. The van der Waals surface area contributed by atoms with E-state index in [9.17, 15) is 0 Å². The fourth-order valence-corrected chi connectivity index (χ4v) is 3.94. The molecule has 0 atom stereocenters. The molecule has 104 valence electrons. The topological polar surface area (TPSA) is 17.3 Å². The highest BCUT2D eigenvalue weighted by molar-refractivity contribution is 7.99. The lowest BCUT2D eigenvalue weighted by Gasteiger charge is -2.04. The zero-order valence-electron chi connectivity index (χ0n) is 11.2. The summed E-state index contributed by atoms with van der Waals surface area (Å²) in [4.78, 5) is 5.56. The Bertz CT molecular complexity index is 669. The van der Waals surface area contributed by atoms with Crippen LogP contribution in [0.25, 0.3) is 16.6 Å². The molecule has 0 aliphatic carbocycles. The number of halogens is 1. The van der Waals surface area contributed by atoms with Crippen molar-refractivity contribution in [2.75, 3.05) is 12.5 Å². The first-order valence-electron chi connectivity index (χ1n) is 5.98. The van der Waals surface area contributed by atoms with Gasteiger partial charge < -0.3 is 4.40 Å². The highest BCUT2D eigenvalue weighted by atomic mass is 35.5. The molecule has 0 spiro atoms. The summed E-state index contributed by atoms with van der Waals surface area (Å²) in [7, 11) is 0. The van der Waals surface area contributed by atoms with Crippen LogP contribution < -0.4 is 0 Å². The van der Waals surface area contributed by atoms with Gasteiger partial charge in [0.2, 0.25) is 0 Å². The monoisotopic (exact) mass is 322 g/mol. The fraction of sp³-hybridized carbons (Fsp3) is 0.133. The first kappa shape index (κ1) is 15.3. The van der Waals surface area contributed by atoms with Crippen LogP contribution in [-0.2, 0) is 0 Å². The van der Waals surface area contributed by atoms with Gasteiger partial charge in [0.1, 0.15) is 0 Å². The van der Waals surface area contributed by atoms with Gasteiger partial charge in [0.05, 0.1) is 16.7 Å². The molecule has 0 N–H and O–H groups in total. The molecule has 20 heavy (non-hydrogen) atoms. The number of aromatic nitrogens is 2. The number of fused-ring (bicyclic) bond motifs is 1. The molecule has 3 aromatic rings. The molecule has 0 saturated carbocycles. The minimum atomic E-state index is 0. The van der Waals surface area contributed by atoms with Crippen molar-refractivity contribution >= 4 is 41.4 Å². The van der Waals surface area contributed by atoms with Crippen molar-refractivity contribution in [2.24, 2.45) is 0 Å². The van der Waals surface area contributed by atoms with Crippen LogP contribution in [0.5, 0.6) is 0 Å². The van der Waals surface area contributed by atoms with E-state index in [2.05, 4.69) is 52.2 Å². The summed E-state index contributed by atoms with van der Waals surface area (Å²) in [6.45, 7) is 0. The summed E-state index contributed by atoms with van der Waals surface area (Å²) < 4.78 is 2.23. The predicted octanol–water partition coefficient (Wildman–Crippen LogP) is 4.87. The first-order valence-corrected chi connectivity index (χ1v) is 8.43. The molecule has 0 fully saturated rings. The summed E-state index contributed by atoms with van der Waals surface area (Å²) in [5, 5.41) is 1.27. The molecule has 0 bridgehead atoms. The predicted molar refractivity (Wildman–Crippen MR) is 91.4 cm³/mol. The van der Waals surface area contributed by atoms with E-state index in [-0.39, 0.29) is 12.4 Å². The molecule has 0 aliphatic rings. The molecule has 0 radical (unpaired) electrons. The van der Waals surface area contributed by atoms with Crippen LogP contribution in [0.2, 0.25) is 0 Å². The second kappa shape index (κ2) is 6.57. The SMILES string of the molecule is CSc1c(-c2ccccc2)c(SC)n2ccncc12.Cl. The summed E-state index contributed by atoms with van der Waals surface area (Å²) >= 11 is 3.56. The van der Waals surface area contributed by atoms with Crippen molar-refractivity contribution in [3.05, 3.63) is 48.9 Å². The van der Waals surface area contributed by atoms with Crippen molar-refractivity contribution in [3.63, 3.8) is 0 Å². The van der Waals surface area contributed by atoms with Crippen LogP contribution in [0.1, 0.15) is 0 Å². The van der Waals surface area contributed by atoms with E-state index in [0.717, 1.165) is 0 Å². The molecule has 2 nitrogen and oxygen atoms in total. The number of thioether (sulfide) groups is 2. The molecule has 3 rings (SSSR count). The van der Waals surface area contributed by atoms with Crippen molar-refractivity contribution < 1.29 is 0 Å². The fourth-order valence-electron chi connectivity index (χ4n) is 2.32. The zero-order chi connectivity index (χ0) is 13.2. The third-order valence-electron chi connectivity index (χ3n) is 3.11. The number of benzene rings is 1. The standard InChI is InChI=1S/C15H14N2S2.ClH/c1-18-14-12-10-16-8-9-17(12)15(19-2)13(14)11-6-4-3-5-7-11;/h3-10H,1-2H3;1H. The van der Waals surface area contributed by atoms with E-state index < -0.39 is 0 Å². The van der Waals surface area contributed by atoms with Crippen molar-refractivity contribution in [1.29, 1.82) is 0 Å². The van der Waals surface area contributed by atoms with Gasteiger partial charge in [-0.1, -0.05) is 30.3 Å². The maximum Gasteiger partial charge on any atom is 0.0884 e. The molecule has 5 heteroatoms. The van der Waals surface area contributed by atoms with Gasteiger partial charge in [0.15, 0.2) is 0 Å². The van der Waals surface area contributed by atoms with Gasteiger partial charge in [-0.15, -0.1) is 35.9 Å². The average Bonchev–Trinajstić information content (AvgIpc) is 2.81. The Kier molecular flexibility index (Phi) is 5.02. The van der Waals surface area contributed by atoms with Crippen LogP contribution in [-0.4, -0.2) is 21.9 Å². The lowest BCUT2D eigenvalue weighted by Crippen LogP contribution is -1.86. The van der Waals surface area contributed by atoms with Crippen LogP contribution in [0.4, 0.5) is 0 Å². The van der Waals surface area contributed by atoms with Crippen LogP contribution in [0.3, 0.4) is 0 Å². The van der Waals surface area contributed by atoms with Gasteiger partial charge in [-0.05, 0) is 18.1 Å². The summed E-state index contributed by atoms with van der Waals surface area (Å²) in [5.41, 5.74) is 3.76. The van der Waals surface area contributed by atoms with Gasteiger partial charge in [0.25, 0.3) is 0 Å². The maximum absolute atomic E-state index is 4.26. The molecule has 0 aliphatic heterocycles. The Labute approximate surface area is 133 Å². The summed E-state index contributed by atoms with van der Waals surface area (Å²) in [6, 6.07) is 10.6. The quantitative estimate of drug-likeness (QED) is 0.641. The highest BCUT2D eigenvalue weighted by Crippen LogP contribution is 2.42.